The van der Waals surface area contributed by atoms with Crippen molar-refractivity contribution in [1.29, 1.82) is 0 Å². The molecule has 0 aliphatic carbocycles. The van der Waals surface area contributed by atoms with Crippen molar-refractivity contribution in [3.63, 3.8) is 0 Å². The fourth-order valence-electron chi connectivity index (χ4n) is 3.28. The zero-order valence-electron chi connectivity index (χ0n) is 10.9. The summed E-state index contributed by atoms with van der Waals surface area (Å²) in [6.45, 7) is 0. The van der Waals surface area contributed by atoms with Crippen molar-refractivity contribution in [3.05, 3.63) is 35.4 Å². The first kappa shape index (κ1) is 13.9. The zero-order chi connectivity index (χ0) is 14.3. The molecule has 0 amide bonds. The molecule has 2 atom stereocenters. The third kappa shape index (κ3) is 2.43. The Morgan fingerprint density at radius 1 is 1.10 bits per heavy atom. The van der Waals surface area contributed by atoms with Gasteiger partial charge in [0.15, 0.2) is 5.78 Å². The van der Waals surface area contributed by atoms with E-state index in [1.807, 2.05) is 0 Å². The molecule has 2 fully saturated rings. The quantitative estimate of drug-likeness (QED) is 0.800. The van der Waals surface area contributed by atoms with Crippen LogP contribution in [0.5, 0.6) is 0 Å². The number of hydrogen-bond acceptors (Lipinski definition) is 2. The van der Waals surface area contributed by atoms with Gasteiger partial charge in [0.25, 0.3) is 6.43 Å². The highest BCUT2D eigenvalue weighted by molar-refractivity contribution is 7.86. The Balaban J connectivity index is 1.74. The first-order valence-corrected chi connectivity index (χ1v) is 8.15. The predicted octanol–water partition coefficient (Wildman–Crippen LogP) is 3.50. The van der Waals surface area contributed by atoms with Crippen molar-refractivity contribution in [2.45, 2.75) is 42.6 Å². The van der Waals surface area contributed by atoms with Gasteiger partial charge in [-0.1, -0.05) is 24.3 Å². The molecule has 1 aromatic carbocycles. The maximum Gasteiger partial charge on any atom is 0.263 e. The second-order valence-corrected chi connectivity index (χ2v) is 7.60. The number of fused-ring (bicyclic) bond motifs is 2. The number of carbonyl (C=O) groups is 1. The van der Waals surface area contributed by atoms with E-state index in [0.29, 0.717) is 18.4 Å². The van der Waals surface area contributed by atoms with Crippen LogP contribution in [0.3, 0.4) is 0 Å². The topological polar surface area (TPSA) is 34.1 Å². The molecule has 2 nitrogen and oxygen atoms in total. The predicted molar refractivity (Wildman–Crippen MR) is 73.4 cm³/mol. The second-order valence-electron chi connectivity index (χ2n) is 5.61. The fraction of sp³-hybridized carbons (Fsp3) is 0.533. The lowest BCUT2D eigenvalue weighted by Gasteiger charge is -2.26. The fourth-order valence-corrected chi connectivity index (χ4v) is 5.40. The lowest BCUT2D eigenvalue weighted by molar-refractivity contribution is 0.0905. The third-order valence-electron chi connectivity index (χ3n) is 4.38. The smallest absolute Gasteiger partial charge is 0.263 e. The van der Waals surface area contributed by atoms with Crippen LogP contribution in [0, 0.1) is 5.92 Å². The van der Waals surface area contributed by atoms with E-state index in [2.05, 4.69) is 0 Å². The van der Waals surface area contributed by atoms with Crippen LogP contribution in [-0.2, 0) is 10.8 Å². The maximum absolute atomic E-state index is 12.5. The molecular formula is C15H16F2O2S. The van der Waals surface area contributed by atoms with Crippen LogP contribution in [0.15, 0.2) is 24.3 Å². The van der Waals surface area contributed by atoms with Crippen LogP contribution >= 0.6 is 0 Å². The summed E-state index contributed by atoms with van der Waals surface area (Å²) >= 11 is 0. The van der Waals surface area contributed by atoms with Crippen LogP contribution in [-0.4, -0.2) is 20.5 Å². The second kappa shape index (κ2) is 5.35. The van der Waals surface area contributed by atoms with E-state index in [-0.39, 0.29) is 27.8 Å². The number of carbonyl (C=O) groups excluding carboxylic acids is 1. The molecule has 2 aliphatic rings. The molecule has 0 radical (unpaired) electrons. The minimum Gasteiger partial charge on any atom is -0.294 e. The molecule has 2 heterocycles. The molecule has 0 aromatic heterocycles. The number of ketones is 1. The summed E-state index contributed by atoms with van der Waals surface area (Å²) in [5, 5.41) is 0.311. The van der Waals surface area contributed by atoms with Crippen molar-refractivity contribution in [1.82, 2.24) is 0 Å². The SMILES string of the molecule is O=C(c1ccc(C(F)F)cc1)C1CC2CCC(C1)S2=O. The van der Waals surface area contributed by atoms with Gasteiger partial charge in [-0.3, -0.25) is 9.00 Å². The normalized spacial score (nSPS) is 32.5. The number of alkyl halides is 2. The van der Waals surface area contributed by atoms with Gasteiger partial charge < -0.3 is 0 Å². The van der Waals surface area contributed by atoms with E-state index in [0.717, 1.165) is 12.8 Å². The van der Waals surface area contributed by atoms with Gasteiger partial charge in [0, 0.05) is 38.3 Å². The van der Waals surface area contributed by atoms with Gasteiger partial charge in [-0.2, -0.15) is 0 Å². The molecule has 0 saturated carbocycles. The Morgan fingerprint density at radius 3 is 2.15 bits per heavy atom. The zero-order valence-corrected chi connectivity index (χ0v) is 11.7. The molecule has 2 unspecified atom stereocenters. The molecule has 3 rings (SSSR count). The summed E-state index contributed by atoms with van der Waals surface area (Å²) in [7, 11) is -0.773. The van der Waals surface area contributed by atoms with E-state index < -0.39 is 17.2 Å². The Hall–Kier alpha value is -1.10. The molecule has 1 aromatic rings. The van der Waals surface area contributed by atoms with Crippen LogP contribution in [0.4, 0.5) is 8.78 Å². The van der Waals surface area contributed by atoms with Gasteiger partial charge in [0.05, 0.1) is 0 Å². The highest BCUT2D eigenvalue weighted by Crippen LogP contribution is 2.39. The van der Waals surface area contributed by atoms with Crippen LogP contribution in [0.25, 0.3) is 0 Å². The number of hydrogen-bond donors (Lipinski definition) is 0. The van der Waals surface area contributed by atoms with Crippen molar-refractivity contribution >= 4 is 16.6 Å². The Bertz CT molecular complexity index is 525. The standard InChI is InChI=1S/C15H16F2O2S/c16-15(17)10-3-1-9(2-4-10)14(18)11-7-12-5-6-13(8-11)20(12)19/h1-4,11-13,15H,5-8H2. The monoisotopic (exact) mass is 298 g/mol. The van der Waals surface area contributed by atoms with Gasteiger partial charge >= 0.3 is 0 Å². The Morgan fingerprint density at radius 2 is 1.65 bits per heavy atom. The van der Waals surface area contributed by atoms with Crippen LogP contribution in [0.2, 0.25) is 0 Å². The molecule has 0 N–H and O–H groups in total. The van der Waals surface area contributed by atoms with Crippen molar-refractivity contribution in [2.75, 3.05) is 0 Å². The molecule has 108 valence electrons. The van der Waals surface area contributed by atoms with Gasteiger partial charge in [-0.15, -0.1) is 0 Å². The average Bonchev–Trinajstić information content (AvgIpc) is 2.68. The number of rotatable bonds is 3. The van der Waals surface area contributed by atoms with Crippen molar-refractivity contribution in [2.24, 2.45) is 5.92 Å². The van der Waals surface area contributed by atoms with Crippen LogP contribution < -0.4 is 0 Å². The highest BCUT2D eigenvalue weighted by atomic mass is 32.2. The van der Waals surface area contributed by atoms with Crippen LogP contribution in [0.1, 0.15) is 48.0 Å². The van der Waals surface area contributed by atoms with E-state index in [1.54, 1.807) is 0 Å². The van der Waals surface area contributed by atoms with Gasteiger partial charge in [-0.05, 0) is 25.7 Å². The molecule has 0 spiro atoms. The molecule has 5 heteroatoms. The first-order valence-electron chi connectivity index (χ1n) is 6.88. The average molecular weight is 298 g/mol. The molecular weight excluding hydrogens is 282 g/mol. The number of halogens is 2. The van der Waals surface area contributed by atoms with E-state index >= 15 is 0 Å². The Labute approximate surface area is 119 Å². The first-order chi connectivity index (χ1) is 9.56. The van der Waals surface area contributed by atoms with Crippen molar-refractivity contribution in [3.8, 4) is 0 Å². The minimum absolute atomic E-state index is 0.0133. The van der Waals surface area contributed by atoms with E-state index in [9.17, 15) is 17.8 Å². The third-order valence-corrected chi connectivity index (χ3v) is 6.55. The van der Waals surface area contributed by atoms with Gasteiger partial charge in [0.1, 0.15) is 0 Å². The minimum atomic E-state index is -2.51. The molecule has 20 heavy (non-hydrogen) atoms. The summed E-state index contributed by atoms with van der Waals surface area (Å²) in [6.07, 6.45) is 0.750. The highest BCUT2D eigenvalue weighted by Gasteiger charge is 2.42. The summed E-state index contributed by atoms with van der Waals surface area (Å²) in [5.74, 6) is -0.0815. The molecule has 2 saturated heterocycles. The van der Waals surface area contributed by atoms with Crippen molar-refractivity contribution < 1.29 is 17.8 Å². The Kier molecular flexibility index (Phi) is 3.71. The summed E-state index contributed by atoms with van der Waals surface area (Å²) in [6, 6.07) is 5.59. The van der Waals surface area contributed by atoms with Gasteiger partial charge in [-0.25, -0.2) is 8.78 Å². The number of benzene rings is 1. The molecule has 2 aliphatic heterocycles. The lowest BCUT2D eigenvalue weighted by Crippen LogP contribution is -2.32. The largest absolute Gasteiger partial charge is 0.294 e. The maximum atomic E-state index is 12.5. The molecule has 2 bridgehead atoms. The number of Topliss-reactive ketones (excluding diaryl/α,β-unsaturated/α-hetero) is 1. The summed E-state index contributed by atoms with van der Waals surface area (Å²) < 4.78 is 36.9. The van der Waals surface area contributed by atoms with Gasteiger partial charge in [0.2, 0.25) is 0 Å². The summed E-state index contributed by atoms with van der Waals surface area (Å²) in [4.78, 5) is 12.4. The van der Waals surface area contributed by atoms with E-state index in [1.165, 1.54) is 24.3 Å². The van der Waals surface area contributed by atoms with E-state index in [4.69, 9.17) is 0 Å². The lowest BCUT2D eigenvalue weighted by atomic mass is 9.90. The summed E-state index contributed by atoms with van der Waals surface area (Å²) in [5.41, 5.74) is 0.429.